The molecule has 1 aromatic carbocycles. The first kappa shape index (κ1) is 22.8. The molecule has 176 valence electrons. The molecule has 1 fully saturated rings. The Balaban J connectivity index is 1.58. The predicted molar refractivity (Wildman–Crippen MR) is 119 cm³/mol. The summed E-state index contributed by atoms with van der Waals surface area (Å²) in [5.74, 6) is 1.30. The third kappa shape index (κ3) is 5.54. The van der Waals surface area contributed by atoms with Crippen molar-refractivity contribution in [3.63, 3.8) is 0 Å². The van der Waals surface area contributed by atoms with Crippen molar-refractivity contribution < 1.29 is 23.0 Å². The van der Waals surface area contributed by atoms with Crippen LogP contribution in [0.2, 0.25) is 0 Å². The summed E-state index contributed by atoms with van der Waals surface area (Å²) in [5.41, 5.74) is 5.98. The first-order valence-corrected chi connectivity index (χ1v) is 10.7. The van der Waals surface area contributed by atoms with Crippen molar-refractivity contribution in [2.45, 2.75) is 25.4 Å². The van der Waals surface area contributed by atoms with Gasteiger partial charge in [0.25, 0.3) is 0 Å². The summed E-state index contributed by atoms with van der Waals surface area (Å²) in [6, 6.07) is 5.54. The highest BCUT2D eigenvalue weighted by atomic mass is 19.4. The first-order chi connectivity index (χ1) is 15.8. The topological polar surface area (TPSA) is 109 Å². The Bertz CT molecular complexity index is 1120. The molecule has 2 aromatic heterocycles. The Morgan fingerprint density at radius 3 is 2.64 bits per heavy atom. The van der Waals surface area contributed by atoms with Gasteiger partial charge in [-0.2, -0.15) is 23.1 Å². The van der Waals surface area contributed by atoms with E-state index in [4.69, 9.17) is 15.6 Å². The van der Waals surface area contributed by atoms with Gasteiger partial charge in [-0.05, 0) is 49.1 Å². The molecule has 0 aliphatic carbocycles. The van der Waals surface area contributed by atoms with Crippen LogP contribution in [0.5, 0.6) is 6.01 Å². The highest BCUT2D eigenvalue weighted by Gasteiger charge is 2.31. The van der Waals surface area contributed by atoms with Crippen molar-refractivity contribution in [1.82, 2.24) is 15.0 Å². The summed E-state index contributed by atoms with van der Waals surface area (Å²) >= 11 is 0. The molecule has 4 rings (SSSR count). The number of aliphatic hydroxyl groups is 1. The van der Waals surface area contributed by atoms with Gasteiger partial charge in [-0.15, -0.1) is 0 Å². The SMILES string of the molecule is Nc1cc(CCNc2nc(OCCO)nc3cnc(N4CCCC4)cc23)cc(C(F)(F)F)c1. The average Bonchev–Trinajstić information content (AvgIpc) is 3.31. The van der Waals surface area contributed by atoms with Crippen LogP contribution < -0.4 is 20.7 Å². The number of halogens is 3. The zero-order valence-corrected chi connectivity index (χ0v) is 17.9. The molecule has 3 heterocycles. The van der Waals surface area contributed by atoms with Gasteiger partial charge in [0.1, 0.15) is 18.2 Å². The smallest absolute Gasteiger partial charge is 0.416 e. The molecule has 8 nitrogen and oxygen atoms in total. The number of hydrogen-bond donors (Lipinski definition) is 3. The molecule has 1 aliphatic rings. The second kappa shape index (κ2) is 9.65. The van der Waals surface area contributed by atoms with E-state index < -0.39 is 11.7 Å². The number of nitrogens with zero attached hydrogens (tertiary/aromatic N) is 4. The van der Waals surface area contributed by atoms with Crippen molar-refractivity contribution in [3.05, 3.63) is 41.6 Å². The molecule has 1 aliphatic heterocycles. The lowest BCUT2D eigenvalue weighted by atomic mass is 10.1. The van der Waals surface area contributed by atoms with E-state index in [0.717, 1.165) is 49.3 Å². The fraction of sp³-hybridized carbons (Fsp3) is 0.409. The Kier molecular flexibility index (Phi) is 6.68. The summed E-state index contributed by atoms with van der Waals surface area (Å²) in [5, 5.41) is 12.9. The lowest BCUT2D eigenvalue weighted by Gasteiger charge is -2.18. The second-order valence-electron chi connectivity index (χ2n) is 7.82. The summed E-state index contributed by atoms with van der Waals surface area (Å²) in [4.78, 5) is 15.4. The molecule has 0 saturated carbocycles. The third-order valence-electron chi connectivity index (χ3n) is 5.35. The Morgan fingerprint density at radius 1 is 1.12 bits per heavy atom. The number of alkyl halides is 3. The fourth-order valence-corrected chi connectivity index (χ4v) is 3.81. The van der Waals surface area contributed by atoms with Crippen molar-refractivity contribution in [2.75, 3.05) is 48.8 Å². The highest BCUT2D eigenvalue weighted by molar-refractivity contribution is 5.90. The van der Waals surface area contributed by atoms with Gasteiger partial charge in [0.2, 0.25) is 0 Å². The maximum Gasteiger partial charge on any atom is 0.416 e. The number of anilines is 3. The first-order valence-electron chi connectivity index (χ1n) is 10.7. The minimum absolute atomic E-state index is 0.0355. The van der Waals surface area contributed by atoms with E-state index in [0.29, 0.717) is 29.9 Å². The van der Waals surface area contributed by atoms with E-state index >= 15 is 0 Å². The molecular formula is C22H25F3N6O2. The molecule has 3 aromatic rings. The number of nitrogens with one attached hydrogen (secondary N) is 1. The van der Waals surface area contributed by atoms with Crippen molar-refractivity contribution in [2.24, 2.45) is 0 Å². The number of hydrogen-bond acceptors (Lipinski definition) is 8. The number of aliphatic hydroxyl groups excluding tert-OH is 1. The quantitative estimate of drug-likeness (QED) is 0.438. The number of pyridine rings is 1. The Hall–Kier alpha value is -3.34. The molecule has 4 N–H and O–H groups in total. The molecule has 1 saturated heterocycles. The fourth-order valence-electron chi connectivity index (χ4n) is 3.81. The standard InChI is InChI=1S/C22H25F3N6O2/c23-22(24,25)15-9-14(10-16(26)11-15)3-4-27-20-17-12-19(31-5-1-2-6-31)28-13-18(17)29-21(30-20)33-8-7-32/h9-13,32H,1-8,26H2,(H,27,29,30). The van der Waals surface area contributed by atoms with E-state index in [9.17, 15) is 13.2 Å². The van der Waals surface area contributed by atoms with Crippen molar-refractivity contribution >= 4 is 28.2 Å². The molecular weight excluding hydrogens is 437 g/mol. The minimum atomic E-state index is -4.46. The van der Waals surface area contributed by atoms with Gasteiger partial charge in [-0.3, -0.25) is 0 Å². The zero-order valence-electron chi connectivity index (χ0n) is 17.9. The van der Waals surface area contributed by atoms with E-state index in [-0.39, 0.29) is 24.9 Å². The normalized spacial score (nSPS) is 14.1. The van der Waals surface area contributed by atoms with Gasteiger partial charge in [-0.1, -0.05) is 0 Å². The number of nitrogen functional groups attached to an aromatic ring is 1. The van der Waals surface area contributed by atoms with E-state index in [1.54, 1.807) is 6.20 Å². The minimum Gasteiger partial charge on any atom is -0.461 e. The second-order valence-corrected chi connectivity index (χ2v) is 7.82. The third-order valence-corrected chi connectivity index (χ3v) is 5.35. The van der Waals surface area contributed by atoms with Crippen molar-refractivity contribution in [1.29, 1.82) is 0 Å². The molecule has 0 atom stereocenters. The van der Waals surface area contributed by atoms with Gasteiger partial charge >= 0.3 is 12.2 Å². The van der Waals surface area contributed by atoms with E-state index in [2.05, 4.69) is 25.2 Å². The van der Waals surface area contributed by atoms with Crippen LogP contribution in [0.3, 0.4) is 0 Å². The van der Waals surface area contributed by atoms with E-state index in [1.807, 2.05) is 6.07 Å². The van der Waals surface area contributed by atoms with Gasteiger partial charge in [0, 0.05) is 30.7 Å². The summed E-state index contributed by atoms with van der Waals surface area (Å²) in [6.07, 6.45) is -0.297. The summed E-state index contributed by atoms with van der Waals surface area (Å²) < 4.78 is 44.7. The zero-order chi connectivity index (χ0) is 23.4. The molecule has 0 bridgehead atoms. The van der Waals surface area contributed by atoms with Crippen LogP contribution in [0.25, 0.3) is 10.9 Å². The number of rotatable bonds is 8. The molecule has 33 heavy (non-hydrogen) atoms. The molecule has 0 spiro atoms. The number of aromatic nitrogens is 3. The predicted octanol–water partition coefficient (Wildman–Crippen LogP) is 3.25. The maximum absolute atomic E-state index is 13.1. The van der Waals surface area contributed by atoms with Crippen LogP contribution >= 0.6 is 0 Å². The van der Waals surface area contributed by atoms with Crippen LogP contribution in [0.15, 0.2) is 30.5 Å². The number of ether oxygens (including phenoxy) is 1. The van der Waals surface area contributed by atoms with Crippen LogP contribution in [0, 0.1) is 0 Å². The Labute approximate surface area is 188 Å². The molecule has 0 radical (unpaired) electrons. The Morgan fingerprint density at radius 2 is 1.91 bits per heavy atom. The van der Waals surface area contributed by atoms with Crippen molar-refractivity contribution in [3.8, 4) is 6.01 Å². The maximum atomic E-state index is 13.1. The number of nitrogens with two attached hydrogens (primary N) is 1. The summed E-state index contributed by atoms with van der Waals surface area (Å²) in [6.45, 7) is 2.02. The van der Waals surface area contributed by atoms with Crippen LogP contribution in [0.4, 0.5) is 30.5 Å². The number of fused-ring (bicyclic) bond motifs is 1. The highest BCUT2D eigenvalue weighted by Crippen LogP contribution is 2.32. The van der Waals surface area contributed by atoms with Crippen LogP contribution in [0.1, 0.15) is 24.0 Å². The largest absolute Gasteiger partial charge is 0.461 e. The van der Waals surface area contributed by atoms with Crippen LogP contribution in [-0.2, 0) is 12.6 Å². The van der Waals surface area contributed by atoms with E-state index in [1.165, 1.54) is 6.07 Å². The molecule has 0 amide bonds. The summed E-state index contributed by atoms with van der Waals surface area (Å²) in [7, 11) is 0. The lowest BCUT2D eigenvalue weighted by molar-refractivity contribution is -0.137. The van der Waals surface area contributed by atoms with Gasteiger partial charge in [0.05, 0.1) is 23.9 Å². The monoisotopic (exact) mass is 462 g/mol. The van der Waals surface area contributed by atoms with Gasteiger partial charge < -0.3 is 25.8 Å². The van der Waals surface area contributed by atoms with Gasteiger partial charge in [0.15, 0.2) is 0 Å². The average molecular weight is 462 g/mol. The molecule has 11 heteroatoms. The van der Waals surface area contributed by atoms with Gasteiger partial charge in [-0.25, -0.2) is 4.98 Å². The molecule has 0 unspecified atom stereocenters. The van der Waals surface area contributed by atoms with Crippen LogP contribution in [-0.4, -0.2) is 52.9 Å². The lowest BCUT2D eigenvalue weighted by Crippen LogP contribution is -2.19. The number of benzene rings is 1.